The monoisotopic (exact) mass is 319 g/mol. The maximum atomic E-state index is 13.1. The van der Waals surface area contributed by atoms with Crippen molar-refractivity contribution in [1.82, 2.24) is 19.5 Å². The number of hydrogen-bond acceptors (Lipinski definition) is 3. The lowest BCUT2D eigenvalue weighted by Crippen LogP contribution is -2.13. The van der Waals surface area contributed by atoms with Gasteiger partial charge in [0, 0.05) is 5.56 Å². The molecular weight excluding hydrogens is 305 g/mol. The van der Waals surface area contributed by atoms with E-state index in [9.17, 15) is 4.39 Å². The first-order valence-electron chi connectivity index (χ1n) is 7.50. The second-order valence-corrected chi connectivity index (χ2v) is 5.50. The Kier molecular flexibility index (Phi) is 3.42. The first-order valence-corrected chi connectivity index (χ1v) is 7.50. The summed E-state index contributed by atoms with van der Waals surface area (Å²) in [6.07, 6.45) is 1.62. The highest BCUT2D eigenvalue weighted by molar-refractivity contribution is 5.75. The predicted molar refractivity (Wildman–Crippen MR) is 88.7 cm³/mol. The van der Waals surface area contributed by atoms with Crippen molar-refractivity contribution in [2.45, 2.75) is 6.54 Å². The van der Waals surface area contributed by atoms with Crippen molar-refractivity contribution >= 4 is 11.2 Å². The van der Waals surface area contributed by atoms with Gasteiger partial charge in [-0.1, -0.05) is 30.3 Å². The van der Waals surface area contributed by atoms with E-state index in [0.717, 1.165) is 11.1 Å². The second-order valence-electron chi connectivity index (χ2n) is 5.50. The molecule has 0 aliphatic carbocycles. The minimum absolute atomic E-state index is 0.134. The Morgan fingerprint density at radius 3 is 2.54 bits per heavy atom. The minimum atomic E-state index is -0.295. The Bertz CT molecular complexity index is 1050. The maximum absolute atomic E-state index is 13.1. The molecule has 0 bridgehead atoms. The standard InChI is InChI=1S/C18H14FN5/c19-14-8-6-13(7-9-14)17-22-15-16(20)21-11-24(18(15)23-17)10-12-4-2-1-3-5-12/h1-9,11,20H,10H2,(H,22,23). The normalized spacial score (nSPS) is 11.0. The van der Waals surface area contributed by atoms with Crippen LogP contribution in [-0.2, 0) is 6.54 Å². The average molecular weight is 319 g/mol. The van der Waals surface area contributed by atoms with Gasteiger partial charge in [0.25, 0.3) is 0 Å². The number of aromatic nitrogens is 4. The molecule has 2 heterocycles. The molecule has 0 aliphatic heterocycles. The molecule has 0 spiro atoms. The fourth-order valence-electron chi connectivity index (χ4n) is 2.62. The summed E-state index contributed by atoms with van der Waals surface area (Å²) in [5, 5.41) is 7.99. The van der Waals surface area contributed by atoms with Gasteiger partial charge >= 0.3 is 0 Å². The molecule has 4 aromatic rings. The topological polar surface area (TPSA) is 70.3 Å². The number of nitrogens with one attached hydrogen (secondary N) is 2. The summed E-state index contributed by atoms with van der Waals surface area (Å²) in [5.74, 6) is 0.296. The molecule has 2 N–H and O–H groups in total. The van der Waals surface area contributed by atoms with E-state index in [-0.39, 0.29) is 11.3 Å². The van der Waals surface area contributed by atoms with Crippen LogP contribution in [0.25, 0.3) is 22.6 Å². The molecule has 2 aromatic carbocycles. The Hall–Kier alpha value is -3.28. The van der Waals surface area contributed by atoms with E-state index in [1.54, 1.807) is 18.5 Å². The lowest BCUT2D eigenvalue weighted by Gasteiger charge is -2.06. The molecule has 0 radical (unpaired) electrons. The van der Waals surface area contributed by atoms with Crippen LogP contribution in [0.2, 0.25) is 0 Å². The van der Waals surface area contributed by atoms with Gasteiger partial charge in [0.1, 0.15) is 17.2 Å². The molecule has 0 fully saturated rings. The van der Waals surface area contributed by atoms with Gasteiger partial charge in [0.2, 0.25) is 0 Å². The summed E-state index contributed by atoms with van der Waals surface area (Å²) >= 11 is 0. The van der Waals surface area contributed by atoms with Crippen molar-refractivity contribution in [1.29, 1.82) is 5.41 Å². The van der Waals surface area contributed by atoms with Gasteiger partial charge in [-0.05, 0) is 29.8 Å². The lowest BCUT2D eigenvalue weighted by atomic mass is 10.2. The van der Waals surface area contributed by atoms with Crippen LogP contribution in [0.15, 0.2) is 60.9 Å². The van der Waals surface area contributed by atoms with Crippen LogP contribution in [0.1, 0.15) is 5.56 Å². The first kappa shape index (κ1) is 14.3. The van der Waals surface area contributed by atoms with E-state index < -0.39 is 0 Å². The van der Waals surface area contributed by atoms with Gasteiger partial charge in [0.05, 0.1) is 12.9 Å². The molecule has 0 aliphatic rings. The number of hydrogen-bond donors (Lipinski definition) is 2. The van der Waals surface area contributed by atoms with E-state index in [4.69, 9.17) is 5.41 Å². The van der Waals surface area contributed by atoms with Gasteiger partial charge in [-0.15, -0.1) is 0 Å². The molecule has 0 unspecified atom stereocenters. The maximum Gasteiger partial charge on any atom is 0.173 e. The quantitative estimate of drug-likeness (QED) is 0.609. The molecular formula is C18H14FN5. The molecule has 118 valence electrons. The lowest BCUT2D eigenvalue weighted by molar-refractivity contribution is 0.628. The number of nitrogens with zero attached hydrogens (tertiary/aromatic N) is 3. The summed E-state index contributed by atoms with van der Waals surface area (Å²) in [6.45, 7) is 0.609. The van der Waals surface area contributed by atoms with Crippen molar-refractivity contribution in [3.05, 3.63) is 77.8 Å². The molecule has 0 atom stereocenters. The Morgan fingerprint density at radius 1 is 1.04 bits per heavy atom. The third-order valence-corrected chi connectivity index (χ3v) is 3.83. The number of H-pyrrole nitrogens is 1. The van der Waals surface area contributed by atoms with Crippen molar-refractivity contribution in [3.63, 3.8) is 0 Å². The summed E-state index contributed by atoms with van der Waals surface area (Å²) in [5.41, 5.74) is 3.23. The number of imidazole rings is 1. The molecule has 4 rings (SSSR count). The number of halogens is 1. The predicted octanol–water partition coefficient (Wildman–Crippen LogP) is 3.09. The van der Waals surface area contributed by atoms with E-state index in [1.165, 1.54) is 12.1 Å². The third-order valence-electron chi connectivity index (χ3n) is 3.83. The van der Waals surface area contributed by atoms with Crippen LogP contribution in [-0.4, -0.2) is 19.5 Å². The highest BCUT2D eigenvalue weighted by Crippen LogP contribution is 2.19. The van der Waals surface area contributed by atoms with Crippen molar-refractivity contribution in [3.8, 4) is 11.4 Å². The molecule has 0 saturated carbocycles. The molecule has 0 amide bonds. The average Bonchev–Trinajstić information content (AvgIpc) is 3.05. The zero-order valence-electron chi connectivity index (χ0n) is 12.7. The van der Waals surface area contributed by atoms with Crippen molar-refractivity contribution in [2.75, 3.05) is 0 Å². The summed E-state index contributed by atoms with van der Waals surface area (Å²) in [4.78, 5) is 11.8. The fourth-order valence-corrected chi connectivity index (χ4v) is 2.62. The number of fused-ring (bicyclic) bond motifs is 1. The zero-order chi connectivity index (χ0) is 16.5. The zero-order valence-corrected chi connectivity index (χ0v) is 12.7. The Balaban J connectivity index is 1.83. The molecule has 2 aromatic heterocycles. The van der Waals surface area contributed by atoms with Crippen molar-refractivity contribution in [2.24, 2.45) is 0 Å². The third kappa shape index (κ3) is 2.58. The first-order chi connectivity index (χ1) is 11.7. The Labute approximate surface area is 137 Å². The summed E-state index contributed by atoms with van der Waals surface area (Å²) in [7, 11) is 0. The molecule has 0 saturated heterocycles. The van der Waals surface area contributed by atoms with Gasteiger partial charge < -0.3 is 9.55 Å². The van der Waals surface area contributed by atoms with E-state index >= 15 is 0 Å². The number of aromatic amines is 1. The second kappa shape index (κ2) is 5.73. The molecule has 5 nitrogen and oxygen atoms in total. The van der Waals surface area contributed by atoms with Gasteiger partial charge in [-0.3, -0.25) is 5.41 Å². The van der Waals surface area contributed by atoms with Gasteiger partial charge in [0.15, 0.2) is 11.1 Å². The smallest absolute Gasteiger partial charge is 0.173 e. The highest BCUT2D eigenvalue weighted by atomic mass is 19.1. The van der Waals surface area contributed by atoms with Crippen LogP contribution < -0.4 is 5.49 Å². The largest absolute Gasteiger partial charge is 0.334 e. The number of benzene rings is 2. The molecule has 6 heteroatoms. The van der Waals surface area contributed by atoms with Crippen LogP contribution in [0.3, 0.4) is 0 Å². The van der Waals surface area contributed by atoms with Crippen molar-refractivity contribution < 1.29 is 4.39 Å². The molecule has 24 heavy (non-hydrogen) atoms. The van der Waals surface area contributed by atoms with E-state index in [0.29, 0.717) is 23.5 Å². The van der Waals surface area contributed by atoms with Crippen LogP contribution in [0.4, 0.5) is 4.39 Å². The minimum Gasteiger partial charge on any atom is -0.334 e. The number of rotatable bonds is 3. The van der Waals surface area contributed by atoms with Gasteiger partial charge in [-0.25, -0.2) is 14.4 Å². The highest BCUT2D eigenvalue weighted by Gasteiger charge is 2.11. The summed E-state index contributed by atoms with van der Waals surface area (Å²) < 4.78 is 15.0. The van der Waals surface area contributed by atoms with E-state index in [1.807, 2.05) is 34.9 Å². The summed E-state index contributed by atoms with van der Waals surface area (Å²) in [6, 6.07) is 16.1. The van der Waals surface area contributed by atoms with E-state index in [2.05, 4.69) is 15.0 Å². The van der Waals surface area contributed by atoms with Crippen LogP contribution >= 0.6 is 0 Å². The van der Waals surface area contributed by atoms with Gasteiger partial charge in [-0.2, -0.15) is 0 Å². The Morgan fingerprint density at radius 2 is 1.79 bits per heavy atom. The SMILES string of the molecule is N=c1ncn(Cc2ccccc2)c2nc(-c3ccc(F)cc3)[nH]c12. The van der Waals surface area contributed by atoms with Crippen LogP contribution in [0.5, 0.6) is 0 Å². The van der Waals surface area contributed by atoms with Crippen LogP contribution in [0, 0.1) is 11.2 Å². The fraction of sp³-hybridized carbons (Fsp3) is 0.0556.